The van der Waals surface area contributed by atoms with E-state index in [9.17, 15) is 0 Å². The van der Waals surface area contributed by atoms with Gasteiger partial charge in [0, 0.05) is 18.9 Å². The number of halogens is 1. The van der Waals surface area contributed by atoms with E-state index in [1.165, 1.54) is 25.7 Å². The molecule has 1 N–H and O–H groups in total. The fourth-order valence-electron chi connectivity index (χ4n) is 1.85. The van der Waals surface area contributed by atoms with Gasteiger partial charge >= 0.3 is 0 Å². The van der Waals surface area contributed by atoms with E-state index in [1.807, 2.05) is 0 Å². The van der Waals surface area contributed by atoms with Gasteiger partial charge in [0.25, 0.3) is 0 Å². The van der Waals surface area contributed by atoms with E-state index >= 15 is 0 Å². The first-order valence-electron chi connectivity index (χ1n) is 5.06. The summed E-state index contributed by atoms with van der Waals surface area (Å²) in [6, 6.07) is 0. The molecule has 1 heterocycles. The smallest absolute Gasteiger partial charge is 0.222 e. The maximum Gasteiger partial charge on any atom is 0.222 e. The van der Waals surface area contributed by atoms with Crippen LogP contribution in [0.3, 0.4) is 0 Å². The topological polar surface area (TPSA) is 37.8 Å². The summed E-state index contributed by atoms with van der Waals surface area (Å²) in [5.41, 5.74) is 0. The largest absolute Gasteiger partial charge is 0.354 e. The Morgan fingerprint density at radius 1 is 1.29 bits per heavy atom. The molecule has 0 unspecified atom stereocenters. The molecule has 1 fully saturated rings. The molecule has 76 valence electrons. The predicted octanol–water partition coefficient (Wildman–Crippen LogP) is 2.84. The monoisotopic (exact) mass is 255 g/mol. The van der Waals surface area contributed by atoms with Gasteiger partial charge in [-0.1, -0.05) is 12.8 Å². The Kier molecular flexibility index (Phi) is 3.35. The van der Waals surface area contributed by atoms with Crippen molar-refractivity contribution >= 4 is 21.9 Å². The summed E-state index contributed by atoms with van der Waals surface area (Å²) >= 11 is 3.31. The highest BCUT2D eigenvalue weighted by molar-refractivity contribution is 9.10. The molecule has 1 saturated carbocycles. The molecular formula is C10H14BrN3. The van der Waals surface area contributed by atoms with E-state index in [0.29, 0.717) is 0 Å². The van der Waals surface area contributed by atoms with Gasteiger partial charge in [-0.15, -0.1) is 0 Å². The molecule has 1 aliphatic carbocycles. The minimum atomic E-state index is 0.736. The fourth-order valence-corrected chi connectivity index (χ4v) is 2.06. The lowest BCUT2D eigenvalue weighted by molar-refractivity contribution is 0.577. The van der Waals surface area contributed by atoms with Crippen molar-refractivity contribution in [2.75, 3.05) is 11.9 Å². The number of aromatic nitrogens is 2. The number of nitrogens with zero attached hydrogens (tertiary/aromatic N) is 2. The van der Waals surface area contributed by atoms with E-state index in [0.717, 1.165) is 22.9 Å². The number of anilines is 1. The molecule has 0 spiro atoms. The lowest BCUT2D eigenvalue weighted by atomic mass is 10.1. The van der Waals surface area contributed by atoms with Gasteiger partial charge in [0.05, 0.1) is 4.47 Å². The van der Waals surface area contributed by atoms with Crippen molar-refractivity contribution < 1.29 is 0 Å². The third-order valence-corrected chi connectivity index (χ3v) is 3.05. The second-order valence-electron chi connectivity index (χ2n) is 3.76. The van der Waals surface area contributed by atoms with Crippen LogP contribution in [0.4, 0.5) is 5.95 Å². The predicted molar refractivity (Wildman–Crippen MR) is 60.2 cm³/mol. The van der Waals surface area contributed by atoms with Crippen molar-refractivity contribution in [1.82, 2.24) is 9.97 Å². The van der Waals surface area contributed by atoms with Crippen LogP contribution in [-0.4, -0.2) is 16.5 Å². The minimum absolute atomic E-state index is 0.736. The molecule has 0 bridgehead atoms. The Hall–Kier alpha value is -0.640. The lowest BCUT2D eigenvalue weighted by Gasteiger charge is -2.09. The quantitative estimate of drug-likeness (QED) is 0.903. The van der Waals surface area contributed by atoms with Crippen LogP contribution in [0.25, 0.3) is 0 Å². The van der Waals surface area contributed by atoms with E-state index in [1.54, 1.807) is 12.4 Å². The summed E-state index contributed by atoms with van der Waals surface area (Å²) in [4.78, 5) is 8.34. The molecule has 2 rings (SSSR count). The molecule has 14 heavy (non-hydrogen) atoms. The van der Waals surface area contributed by atoms with Gasteiger partial charge in [-0.3, -0.25) is 0 Å². The fraction of sp³-hybridized carbons (Fsp3) is 0.600. The van der Waals surface area contributed by atoms with E-state index in [2.05, 4.69) is 31.2 Å². The molecule has 0 amide bonds. The van der Waals surface area contributed by atoms with Gasteiger partial charge in [-0.2, -0.15) is 0 Å². The Balaban J connectivity index is 1.82. The minimum Gasteiger partial charge on any atom is -0.354 e. The van der Waals surface area contributed by atoms with Crippen LogP contribution >= 0.6 is 15.9 Å². The highest BCUT2D eigenvalue weighted by atomic mass is 79.9. The van der Waals surface area contributed by atoms with Crippen molar-refractivity contribution in [1.29, 1.82) is 0 Å². The van der Waals surface area contributed by atoms with Crippen LogP contribution in [0.15, 0.2) is 16.9 Å². The van der Waals surface area contributed by atoms with E-state index in [-0.39, 0.29) is 0 Å². The van der Waals surface area contributed by atoms with E-state index < -0.39 is 0 Å². The van der Waals surface area contributed by atoms with Crippen LogP contribution in [0.5, 0.6) is 0 Å². The van der Waals surface area contributed by atoms with Crippen LogP contribution in [0.1, 0.15) is 25.7 Å². The highest BCUT2D eigenvalue weighted by Gasteiger charge is 2.14. The lowest BCUT2D eigenvalue weighted by Crippen LogP contribution is -2.12. The van der Waals surface area contributed by atoms with Gasteiger partial charge in [0.1, 0.15) is 0 Å². The zero-order chi connectivity index (χ0) is 9.80. The molecule has 3 nitrogen and oxygen atoms in total. The molecule has 1 aromatic heterocycles. The summed E-state index contributed by atoms with van der Waals surface area (Å²) < 4.78 is 0.920. The van der Waals surface area contributed by atoms with Crippen molar-refractivity contribution in [3.63, 3.8) is 0 Å². The van der Waals surface area contributed by atoms with Crippen LogP contribution < -0.4 is 5.32 Å². The van der Waals surface area contributed by atoms with Crippen LogP contribution in [0.2, 0.25) is 0 Å². The summed E-state index contributed by atoms with van der Waals surface area (Å²) in [6.07, 6.45) is 9.00. The van der Waals surface area contributed by atoms with E-state index in [4.69, 9.17) is 0 Å². The SMILES string of the molecule is Brc1cnc(NCC2CCCC2)nc1. The second kappa shape index (κ2) is 4.73. The van der Waals surface area contributed by atoms with Gasteiger partial charge in [-0.05, 0) is 34.7 Å². The molecule has 0 saturated heterocycles. The first-order chi connectivity index (χ1) is 6.84. The molecule has 0 radical (unpaired) electrons. The Labute approximate surface area is 92.5 Å². The normalized spacial score (nSPS) is 17.2. The molecule has 1 aliphatic rings. The summed E-state index contributed by atoms with van der Waals surface area (Å²) in [6.45, 7) is 1.02. The van der Waals surface area contributed by atoms with Crippen LogP contribution in [0, 0.1) is 5.92 Å². The van der Waals surface area contributed by atoms with Gasteiger partial charge in [0.15, 0.2) is 0 Å². The zero-order valence-corrected chi connectivity index (χ0v) is 9.63. The summed E-state index contributed by atoms with van der Waals surface area (Å²) in [5.74, 6) is 1.56. The Morgan fingerprint density at radius 2 is 1.93 bits per heavy atom. The molecule has 0 aliphatic heterocycles. The standard InChI is InChI=1S/C10H14BrN3/c11-9-6-13-10(14-7-9)12-5-8-3-1-2-4-8/h6-8H,1-5H2,(H,12,13,14). The highest BCUT2D eigenvalue weighted by Crippen LogP contribution is 2.24. The summed E-state index contributed by atoms with van der Waals surface area (Å²) in [7, 11) is 0. The summed E-state index contributed by atoms with van der Waals surface area (Å²) in [5, 5.41) is 3.27. The van der Waals surface area contributed by atoms with Gasteiger partial charge in [0.2, 0.25) is 5.95 Å². The average molecular weight is 256 g/mol. The first kappa shape index (κ1) is 9.90. The Morgan fingerprint density at radius 3 is 2.57 bits per heavy atom. The number of rotatable bonds is 3. The maximum atomic E-state index is 4.17. The van der Waals surface area contributed by atoms with Crippen LogP contribution in [-0.2, 0) is 0 Å². The second-order valence-corrected chi connectivity index (χ2v) is 4.67. The first-order valence-corrected chi connectivity index (χ1v) is 5.85. The van der Waals surface area contributed by atoms with Gasteiger partial charge < -0.3 is 5.32 Å². The van der Waals surface area contributed by atoms with Gasteiger partial charge in [-0.25, -0.2) is 9.97 Å². The molecule has 0 atom stereocenters. The van der Waals surface area contributed by atoms with Crippen molar-refractivity contribution in [3.05, 3.63) is 16.9 Å². The van der Waals surface area contributed by atoms with Crippen molar-refractivity contribution in [2.45, 2.75) is 25.7 Å². The zero-order valence-electron chi connectivity index (χ0n) is 8.04. The maximum absolute atomic E-state index is 4.17. The number of nitrogens with one attached hydrogen (secondary N) is 1. The number of hydrogen-bond acceptors (Lipinski definition) is 3. The van der Waals surface area contributed by atoms with Crippen molar-refractivity contribution in [3.8, 4) is 0 Å². The molecule has 0 aromatic carbocycles. The third kappa shape index (κ3) is 2.67. The van der Waals surface area contributed by atoms with Crippen molar-refractivity contribution in [2.24, 2.45) is 5.92 Å². The average Bonchev–Trinajstić information content (AvgIpc) is 2.70. The third-order valence-electron chi connectivity index (χ3n) is 2.64. The number of hydrogen-bond donors (Lipinski definition) is 1. The molecular weight excluding hydrogens is 242 g/mol. The molecule has 4 heteroatoms. The molecule has 1 aromatic rings. The Bertz CT molecular complexity index is 280.